The van der Waals surface area contributed by atoms with Gasteiger partial charge in [-0.1, -0.05) is 42.5 Å². The third-order valence-electron chi connectivity index (χ3n) is 7.12. The molecule has 0 spiro atoms. The van der Waals surface area contributed by atoms with Crippen LogP contribution in [0.15, 0.2) is 60.8 Å². The summed E-state index contributed by atoms with van der Waals surface area (Å²) in [6.45, 7) is 4.85. The number of ether oxygens (including phenoxy) is 2. The minimum Gasteiger partial charge on any atom is -0.449 e. The average molecular weight is 609 g/mol. The van der Waals surface area contributed by atoms with Crippen molar-refractivity contribution in [1.82, 2.24) is 14.9 Å². The number of anilines is 3. The fourth-order valence-corrected chi connectivity index (χ4v) is 5.24. The van der Waals surface area contributed by atoms with Crippen LogP contribution >= 0.6 is 10.0 Å². The summed E-state index contributed by atoms with van der Waals surface area (Å²) < 4.78 is 11.9. The van der Waals surface area contributed by atoms with Crippen molar-refractivity contribution >= 4 is 39.5 Å². The molecular formula is C32H44N6O4S. The first kappa shape index (κ1) is 32.1. The Morgan fingerprint density at radius 1 is 1.12 bits per heavy atom. The molecule has 0 saturated heterocycles. The maximum absolute atomic E-state index is 13.6. The fraction of sp³-hybridized carbons (Fsp3) is 0.438. The third-order valence-corrected chi connectivity index (χ3v) is 8.51. The van der Waals surface area contributed by atoms with E-state index in [4.69, 9.17) is 9.47 Å². The molecule has 1 aliphatic rings. The molecule has 0 aliphatic carbocycles. The van der Waals surface area contributed by atoms with E-state index in [2.05, 4.69) is 34.1 Å². The predicted molar refractivity (Wildman–Crippen MR) is 176 cm³/mol. The van der Waals surface area contributed by atoms with Crippen LogP contribution in [0.4, 0.5) is 22.2 Å². The normalized spacial score (nSPS) is 14.5. The summed E-state index contributed by atoms with van der Waals surface area (Å²) in [5.41, 5.74) is 3.13. The van der Waals surface area contributed by atoms with Crippen molar-refractivity contribution in [3.8, 4) is 0 Å². The lowest BCUT2D eigenvalue weighted by atomic mass is 10.1. The smallest absolute Gasteiger partial charge is 0.409 e. The van der Waals surface area contributed by atoms with Crippen LogP contribution < -0.4 is 15.1 Å². The van der Waals surface area contributed by atoms with Crippen molar-refractivity contribution in [2.45, 2.75) is 19.6 Å². The summed E-state index contributed by atoms with van der Waals surface area (Å²) in [6, 6.07) is 17.7. The van der Waals surface area contributed by atoms with Gasteiger partial charge in [-0.2, -0.15) is 4.98 Å². The van der Waals surface area contributed by atoms with Crippen LogP contribution in [0.1, 0.15) is 34.5 Å². The Hall–Kier alpha value is -3.83. The van der Waals surface area contributed by atoms with Gasteiger partial charge in [-0.15, -0.1) is 0 Å². The number of fused-ring (bicyclic) bond motifs is 1. The standard InChI is InChI=1S/C32H44N6O4S/c1-7-33-31-34-21-27-29(35-31)36(2)16-17-38(30(27)39)26-15-11-12-24(20-26)23-42-28(25-13-9-8-10-14-25)22-37(3)32(40)41-18-19-43(4,5)6/h8-15,20-21,28H,7,16-19,22-23H2,1-6H3,(H,33,34,35). The highest BCUT2D eigenvalue weighted by Crippen LogP contribution is 2.33. The zero-order valence-electron chi connectivity index (χ0n) is 26.1. The highest BCUT2D eigenvalue weighted by molar-refractivity contribution is 8.32. The molecule has 4 rings (SSSR count). The highest BCUT2D eigenvalue weighted by atomic mass is 32.3. The number of aromatic nitrogens is 2. The van der Waals surface area contributed by atoms with Crippen molar-refractivity contribution in [3.63, 3.8) is 0 Å². The summed E-state index contributed by atoms with van der Waals surface area (Å²) in [5, 5.41) is 3.12. The molecule has 0 saturated carbocycles. The van der Waals surface area contributed by atoms with E-state index >= 15 is 0 Å². The molecule has 0 bridgehead atoms. The topological polar surface area (TPSA) is 100 Å². The van der Waals surface area contributed by atoms with Gasteiger partial charge in [0.05, 0.1) is 13.2 Å². The van der Waals surface area contributed by atoms with Crippen LogP contribution in [0.2, 0.25) is 0 Å². The van der Waals surface area contributed by atoms with E-state index in [-0.39, 0.29) is 18.1 Å². The number of likely N-dealkylation sites (N-methyl/N-ethyl adjacent to an activating group) is 2. The van der Waals surface area contributed by atoms with Crippen LogP contribution in [0.25, 0.3) is 0 Å². The molecule has 232 valence electrons. The van der Waals surface area contributed by atoms with Crippen LogP contribution in [0, 0.1) is 0 Å². The van der Waals surface area contributed by atoms with Crippen molar-refractivity contribution in [3.05, 3.63) is 77.5 Å². The Kier molecular flexibility index (Phi) is 10.9. The monoisotopic (exact) mass is 608 g/mol. The molecule has 1 atom stereocenters. The van der Waals surface area contributed by atoms with Gasteiger partial charge in [-0.3, -0.25) is 4.79 Å². The van der Waals surface area contributed by atoms with E-state index in [1.807, 2.05) is 73.5 Å². The Morgan fingerprint density at radius 2 is 1.88 bits per heavy atom. The second-order valence-corrected chi connectivity index (χ2v) is 16.1. The first-order valence-corrected chi connectivity index (χ1v) is 17.5. The van der Waals surface area contributed by atoms with Gasteiger partial charge >= 0.3 is 6.09 Å². The van der Waals surface area contributed by atoms with Gasteiger partial charge in [-0.25, -0.2) is 19.8 Å². The second kappa shape index (κ2) is 14.6. The lowest BCUT2D eigenvalue weighted by Gasteiger charge is -2.27. The maximum Gasteiger partial charge on any atom is 0.409 e. The number of hydrogen-bond donors (Lipinski definition) is 1. The van der Waals surface area contributed by atoms with Crippen LogP contribution in [0.3, 0.4) is 0 Å². The van der Waals surface area contributed by atoms with Gasteiger partial charge in [0, 0.05) is 51.4 Å². The van der Waals surface area contributed by atoms with Gasteiger partial charge in [-0.05, 0) is 49.0 Å². The van der Waals surface area contributed by atoms with Crippen molar-refractivity contribution in [2.24, 2.45) is 0 Å². The number of carbonyl (C=O) groups is 2. The molecule has 43 heavy (non-hydrogen) atoms. The maximum atomic E-state index is 13.6. The molecule has 1 aromatic heterocycles. The zero-order valence-corrected chi connectivity index (χ0v) is 26.9. The van der Waals surface area contributed by atoms with Crippen LogP contribution in [-0.4, -0.2) is 98.3 Å². The largest absolute Gasteiger partial charge is 0.449 e. The summed E-state index contributed by atoms with van der Waals surface area (Å²) in [7, 11) is 2.92. The summed E-state index contributed by atoms with van der Waals surface area (Å²) in [4.78, 5) is 40.6. The van der Waals surface area contributed by atoms with Crippen LogP contribution in [-0.2, 0) is 16.1 Å². The molecule has 0 radical (unpaired) electrons. The van der Waals surface area contributed by atoms with Gasteiger partial charge in [0.2, 0.25) is 5.95 Å². The molecule has 2 amide bonds. The number of nitrogens with one attached hydrogen (secondary N) is 1. The molecule has 1 aliphatic heterocycles. The number of nitrogens with zero attached hydrogens (tertiary/aromatic N) is 5. The number of amides is 2. The third kappa shape index (κ3) is 8.84. The Balaban J connectivity index is 1.47. The zero-order chi connectivity index (χ0) is 31.0. The number of hydrogen-bond acceptors (Lipinski definition) is 8. The molecule has 2 heterocycles. The van der Waals surface area contributed by atoms with E-state index in [1.54, 1.807) is 23.0 Å². The van der Waals surface area contributed by atoms with Gasteiger partial charge in [0.1, 0.15) is 24.1 Å². The highest BCUT2D eigenvalue weighted by Gasteiger charge is 2.28. The van der Waals surface area contributed by atoms with Gasteiger partial charge < -0.3 is 29.5 Å². The molecule has 0 fully saturated rings. The number of benzene rings is 2. The van der Waals surface area contributed by atoms with Crippen molar-refractivity contribution in [2.75, 3.05) is 86.5 Å². The summed E-state index contributed by atoms with van der Waals surface area (Å²) in [5.74, 6) is 1.85. The van der Waals surface area contributed by atoms with Crippen molar-refractivity contribution < 1.29 is 19.1 Å². The molecule has 2 aromatic carbocycles. The second-order valence-electron chi connectivity index (χ2n) is 11.5. The molecule has 1 N–H and O–H groups in total. The van der Waals surface area contributed by atoms with Gasteiger partial charge in [0.25, 0.3) is 5.91 Å². The van der Waals surface area contributed by atoms with E-state index in [1.165, 1.54) is 0 Å². The first-order valence-electron chi connectivity index (χ1n) is 14.5. The van der Waals surface area contributed by atoms with Gasteiger partial charge in [0.15, 0.2) is 0 Å². The Labute approximate surface area is 256 Å². The Bertz CT molecular complexity index is 1380. The Morgan fingerprint density at radius 3 is 2.60 bits per heavy atom. The number of carbonyl (C=O) groups excluding carboxylic acids is 2. The predicted octanol–water partition coefficient (Wildman–Crippen LogP) is 5.03. The van der Waals surface area contributed by atoms with E-state index in [0.29, 0.717) is 56.7 Å². The summed E-state index contributed by atoms with van der Waals surface area (Å²) in [6.07, 6.45) is 7.48. The summed E-state index contributed by atoms with van der Waals surface area (Å²) >= 11 is 0. The number of rotatable bonds is 12. The minimum atomic E-state index is -0.746. The SMILES string of the molecule is CCNc1ncc2c(n1)N(C)CCN(c1cccc(COC(CN(C)C(=O)OCCS(C)(C)C)c3ccccc3)c1)C2=O. The molecule has 3 aromatic rings. The first-order chi connectivity index (χ1) is 20.6. The van der Waals surface area contributed by atoms with E-state index in [9.17, 15) is 9.59 Å². The van der Waals surface area contributed by atoms with Crippen LogP contribution in [0.5, 0.6) is 0 Å². The van der Waals surface area contributed by atoms with E-state index in [0.717, 1.165) is 22.6 Å². The lowest BCUT2D eigenvalue weighted by Crippen LogP contribution is -2.34. The molecule has 10 nitrogen and oxygen atoms in total. The molecule has 11 heteroatoms. The van der Waals surface area contributed by atoms with E-state index < -0.39 is 10.0 Å². The lowest BCUT2D eigenvalue weighted by molar-refractivity contribution is 0.0165. The minimum absolute atomic E-state index is 0.143. The quantitative estimate of drug-likeness (QED) is 0.306. The average Bonchev–Trinajstić information content (AvgIpc) is 3.10. The fourth-order valence-electron chi connectivity index (χ4n) is 4.65. The molecule has 1 unspecified atom stereocenters. The molecular weight excluding hydrogens is 564 g/mol. The van der Waals surface area contributed by atoms with Crippen molar-refractivity contribution in [1.29, 1.82) is 0 Å².